The summed E-state index contributed by atoms with van der Waals surface area (Å²) in [5.41, 5.74) is 0.379. The lowest BCUT2D eigenvalue weighted by Gasteiger charge is -2.50. The van der Waals surface area contributed by atoms with Gasteiger partial charge in [-0.2, -0.15) is 11.8 Å². The molecule has 1 saturated heterocycles. The van der Waals surface area contributed by atoms with Crippen LogP contribution in [0.15, 0.2) is 0 Å². The van der Waals surface area contributed by atoms with Crippen LogP contribution in [-0.4, -0.2) is 48.1 Å². The zero-order valence-corrected chi connectivity index (χ0v) is 14.6. The number of nitrogens with zero attached hydrogens (tertiary/aromatic N) is 1. The lowest BCUT2D eigenvalue weighted by atomic mass is 9.81. The van der Waals surface area contributed by atoms with Crippen molar-refractivity contribution >= 4 is 11.8 Å². The Balaban J connectivity index is 1.92. The smallest absolute Gasteiger partial charge is 0.0303 e. The summed E-state index contributed by atoms with van der Waals surface area (Å²) in [5, 5.41) is 3.90. The second kappa shape index (κ2) is 8.05. The molecule has 1 N–H and O–H groups in total. The Morgan fingerprint density at radius 3 is 2.65 bits per heavy atom. The molecule has 2 atom stereocenters. The number of nitrogens with one attached hydrogen (secondary N) is 1. The number of thioether (sulfide) groups is 1. The molecule has 2 nitrogen and oxygen atoms in total. The van der Waals surface area contributed by atoms with Crippen molar-refractivity contribution in [2.45, 2.75) is 70.4 Å². The van der Waals surface area contributed by atoms with Gasteiger partial charge in [-0.05, 0) is 57.1 Å². The van der Waals surface area contributed by atoms with Crippen molar-refractivity contribution in [3.8, 4) is 0 Å². The molecule has 0 bridgehead atoms. The number of piperazine rings is 1. The molecule has 2 fully saturated rings. The van der Waals surface area contributed by atoms with E-state index in [-0.39, 0.29) is 0 Å². The molecule has 2 rings (SSSR count). The van der Waals surface area contributed by atoms with Gasteiger partial charge in [0.1, 0.15) is 0 Å². The Morgan fingerprint density at radius 2 is 2.00 bits per heavy atom. The summed E-state index contributed by atoms with van der Waals surface area (Å²) >= 11 is 1.98. The third kappa shape index (κ3) is 4.14. The van der Waals surface area contributed by atoms with Crippen molar-refractivity contribution in [3.05, 3.63) is 0 Å². The van der Waals surface area contributed by atoms with Crippen LogP contribution in [0.25, 0.3) is 0 Å². The minimum atomic E-state index is 0.379. The van der Waals surface area contributed by atoms with Crippen LogP contribution in [-0.2, 0) is 0 Å². The number of rotatable bonds is 6. The van der Waals surface area contributed by atoms with E-state index in [1.54, 1.807) is 0 Å². The molecular formula is C17H34N2S. The van der Waals surface area contributed by atoms with Crippen LogP contribution in [0.4, 0.5) is 0 Å². The van der Waals surface area contributed by atoms with Gasteiger partial charge in [0.05, 0.1) is 0 Å². The summed E-state index contributed by atoms with van der Waals surface area (Å²) in [5.74, 6) is 2.24. The second-order valence-corrected chi connectivity index (χ2v) is 8.01. The topological polar surface area (TPSA) is 15.3 Å². The molecule has 2 aliphatic rings. The third-order valence-corrected chi connectivity index (χ3v) is 6.38. The highest BCUT2D eigenvalue weighted by Crippen LogP contribution is 2.31. The van der Waals surface area contributed by atoms with Crippen LogP contribution in [0.3, 0.4) is 0 Å². The highest BCUT2D eigenvalue weighted by molar-refractivity contribution is 7.98. The number of hydrogen-bond acceptors (Lipinski definition) is 3. The Kier molecular flexibility index (Phi) is 6.70. The average Bonchev–Trinajstić information content (AvgIpc) is 2.50. The average molecular weight is 299 g/mol. The van der Waals surface area contributed by atoms with E-state index in [9.17, 15) is 0 Å². The largest absolute Gasteiger partial charge is 0.311 e. The van der Waals surface area contributed by atoms with E-state index in [1.165, 1.54) is 70.3 Å². The van der Waals surface area contributed by atoms with Crippen molar-refractivity contribution in [2.24, 2.45) is 5.92 Å². The van der Waals surface area contributed by atoms with Gasteiger partial charge in [-0.25, -0.2) is 0 Å². The van der Waals surface area contributed by atoms with E-state index in [2.05, 4.69) is 30.3 Å². The lowest BCUT2D eigenvalue weighted by molar-refractivity contribution is 0.0299. The van der Waals surface area contributed by atoms with Crippen LogP contribution < -0.4 is 5.32 Å². The van der Waals surface area contributed by atoms with Crippen molar-refractivity contribution < 1.29 is 0 Å². The molecule has 2 unspecified atom stereocenters. The van der Waals surface area contributed by atoms with Crippen molar-refractivity contribution in [1.29, 1.82) is 0 Å². The van der Waals surface area contributed by atoms with Crippen LogP contribution in [0, 0.1) is 5.92 Å². The quantitative estimate of drug-likeness (QED) is 0.752. The summed E-state index contributed by atoms with van der Waals surface area (Å²) in [6.45, 7) is 8.56. The van der Waals surface area contributed by atoms with Crippen LogP contribution >= 0.6 is 11.8 Å². The highest BCUT2D eigenvalue weighted by atomic mass is 32.2. The van der Waals surface area contributed by atoms with Gasteiger partial charge in [0.2, 0.25) is 0 Å². The Hall–Kier alpha value is 0.270. The standard InChI is InChI=1S/C17H34N2S/c1-4-17(2)14-18-16(15-9-6-5-7-10-15)13-19(17)11-8-12-20-3/h15-16,18H,4-14H2,1-3H3. The molecule has 0 aromatic carbocycles. The predicted octanol–water partition coefficient (Wildman–Crippen LogP) is 3.76. The zero-order valence-electron chi connectivity index (χ0n) is 13.8. The third-order valence-electron chi connectivity index (χ3n) is 5.68. The first-order chi connectivity index (χ1) is 9.69. The molecule has 3 heteroatoms. The van der Waals surface area contributed by atoms with E-state index in [0.29, 0.717) is 5.54 Å². The fourth-order valence-electron chi connectivity index (χ4n) is 3.95. The van der Waals surface area contributed by atoms with Gasteiger partial charge in [-0.1, -0.05) is 26.2 Å². The van der Waals surface area contributed by atoms with Gasteiger partial charge in [0, 0.05) is 24.7 Å². The van der Waals surface area contributed by atoms with Gasteiger partial charge in [0.15, 0.2) is 0 Å². The minimum absolute atomic E-state index is 0.379. The zero-order chi connectivity index (χ0) is 14.4. The van der Waals surface area contributed by atoms with Crippen LogP contribution in [0.1, 0.15) is 58.8 Å². The van der Waals surface area contributed by atoms with Gasteiger partial charge in [0.25, 0.3) is 0 Å². The molecule has 1 aliphatic heterocycles. The van der Waals surface area contributed by atoms with Crippen molar-refractivity contribution in [1.82, 2.24) is 10.2 Å². The monoisotopic (exact) mass is 298 g/mol. The Morgan fingerprint density at radius 1 is 1.25 bits per heavy atom. The summed E-state index contributed by atoms with van der Waals surface area (Å²) in [6.07, 6.45) is 12.1. The molecule has 20 heavy (non-hydrogen) atoms. The van der Waals surface area contributed by atoms with Crippen LogP contribution in [0.5, 0.6) is 0 Å². The maximum absolute atomic E-state index is 3.90. The Bertz CT molecular complexity index is 278. The second-order valence-electron chi connectivity index (χ2n) is 7.03. The Labute approximate surface area is 130 Å². The number of hydrogen-bond donors (Lipinski definition) is 1. The molecule has 1 heterocycles. The molecule has 0 aromatic heterocycles. The first-order valence-corrected chi connectivity index (χ1v) is 10.1. The summed E-state index contributed by atoms with van der Waals surface area (Å²) < 4.78 is 0. The fraction of sp³-hybridized carbons (Fsp3) is 1.00. The minimum Gasteiger partial charge on any atom is -0.311 e. The van der Waals surface area contributed by atoms with E-state index >= 15 is 0 Å². The van der Waals surface area contributed by atoms with Gasteiger partial charge in [-0.3, -0.25) is 4.90 Å². The normalized spacial score (nSPS) is 33.5. The molecule has 0 aromatic rings. The van der Waals surface area contributed by atoms with E-state index in [4.69, 9.17) is 0 Å². The van der Waals surface area contributed by atoms with Gasteiger partial charge in [-0.15, -0.1) is 0 Å². The summed E-state index contributed by atoms with van der Waals surface area (Å²) in [4.78, 5) is 2.80. The fourth-order valence-corrected chi connectivity index (χ4v) is 4.36. The lowest BCUT2D eigenvalue weighted by Crippen LogP contribution is -2.64. The van der Waals surface area contributed by atoms with E-state index in [1.807, 2.05) is 11.8 Å². The predicted molar refractivity (Wildman–Crippen MR) is 91.6 cm³/mol. The van der Waals surface area contributed by atoms with Crippen molar-refractivity contribution in [3.63, 3.8) is 0 Å². The molecule has 0 radical (unpaired) electrons. The van der Waals surface area contributed by atoms with E-state index in [0.717, 1.165) is 12.0 Å². The van der Waals surface area contributed by atoms with Gasteiger partial charge < -0.3 is 5.32 Å². The first kappa shape index (κ1) is 16.6. The van der Waals surface area contributed by atoms with Crippen LogP contribution in [0.2, 0.25) is 0 Å². The molecule has 0 spiro atoms. The molecule has 0 amide bonds. The van der Waals surface area contributed by atoms with Crippen molar-refractivity contribution in [2.75, 3.05) is 31.6 Å². The maximum atomic E-state index is 3.90. The maximum Gasteiger partial charge on any atom is 0.0303 e. The molecule has 118 valence electrons. The van der Waals surface area contributed by atoms with Gasteiger partial charge >= 0.3 is 0 Å². The molecule has 1 saturated carbocycles. The van der Waals surface area contributed by atoms with E-state index < -0.39 is 0 Å². The first-order valence-electron chi connectivity index (χ1n) is 8.67. The highest BCUT2D eigenvalue weighted by Gasteiger charge is 2.38. The molecule has 1 aliphatic carbocycles. The SMILES string of the molecule is CCC1(C)CNC(C2CCCCC2)CN1CCCSC. The molecular weight excluding hydrogens is 264 g/mol. The summed E-state index contributed by atoms with van der Waals surface area (Å²) in [7, 11) is 0. The summed E-state index contributed by atoms with van der Waals surface area (Å²) in [6, 6.07) is 0.754.